The molecule has 2 aromatic heterocycles. The number of carbonyl (C=O) groups is 1. The molecule has 4 aromatic rings. The Hall–Kier alpha value is -3.39. The van der Waals surface area contributed by atoms with Gasteiger partial charge in [-0.15, -0.1) is 20.4 Å². The minimum atomic E-state index is -0.251. The molecule has 0 radical (unpaired) electrons. The summed E-state index contributed by atoms with van der Waals surface area (Å²) in [6.45, 7) is 1.99. The lowest BCUT2D eigenvalue weighted by Crippen LogP contribution is -2.11. The lowest BCUT2D eigenvalue weighted by molar-refractivity contribution is 0.102. The molecule has 0 aliphatic carbocycles. The molecule has 128 valence electrons. The van der Waals surface area contributed by atoms with Crippen molar-refractivity contribution in [2.75, 3.05) is 5.32 Å². The quantitative estimate of drug-likeness (QED) is 0.592. The molecule has 0 fully saturated rings. The first-order valence-electron chi connectivity index (χ1n) is 7.78. The second-order valence-corrected chi connectivity index (χ2v) is 6.34. The third kappa shape index (κ3) is 3.22. The SMILES string of the molecule is Cc1ccccc1-c1nnc(-c2ccc(C(=O)Nc3nncs3)cc2)o1. The van der Waals surface area contributed by atoms with Gasteiger partial charge >= 0.3 is 0 Å². The van der Waals surface area contributed by atoms with Crippen molar-refractivity contribution in [1.29, 1.82) is 0 Å². The molecule has 0 aliphatic rings. The predicted molar refractivity (Wildman–Crippen MR) is 97.8 cm³/mol. The average Bonchev–Trinajstić information content (AvgIpc) is 3.34. The first-order chi connectivity index (χ1) is 12.7. The van der Waals surface area contributed by atoms with Crippen LogP contribution >= 0.6 is 11.3 Å². The van der Waals surface area contributed by atoms with E-state index >= 15 is 0 Å². The summed E-state index contributed by atoms with van der Waals surface area (Å²) in [6.07, 6.45) is 0. The number of anilines is 1. The topological polar surface area (TPSA) is 93.8 Å². The zero-order valence-electron chi connectivity index (χ0n) is 13.7. The first kappa shape index (κ1) is 16.1. The second-order valence-electron chi connectivity index (χ2n) is 5.50. The number of amides is 1. The van der Waals surface area contributed by atoms with Gasteiger partial charge in [0.2, 0.25) is 16.9 Å². The number of rotatable bonds is 4. The molecular formula is C18H13N5O2S. The van der Waals surface area contributed by atoms with Crippen LogP contribution in [0.4, 0.5) is 5.13 Å². The molecule has 7 nitrogen and oxygen atoms in total. The van der Waals surface area contributed by atoms with E-state index in [1.165, 1.54) is 11.3 Å². The Morgan fingerprint density at radius 3 is 2.50 bits per heavy atom. The maximum absolute atomic E-state index is 12.2. The number of aromatic nitrogens is 4. The largest absolute Gasteiger partial charge is 0.416 e. The van der Waals surface area contributed by atoms with Crippen LogP contribution in [-0.4, -0.2) is 26.3 Å². The first-order valence-corrected chi connectivity index (χ1v) is 8.66. The van der Waals surface area contributed by atoms with Crippen molar-refractivity contribution in [3.63, 3.8) is 0 Å². The van der Waals surface area contributed by atoms with E-state index < -0.39 is 0 Å². The molecular weight excluding hydrogens is 350 g/mol. The van der Waals surface area contributed by atoms with Crippen LogP contribution in [0.15, 0.2) is 58.5 Å². The van der Waals surface area contributed by atoms with Crippen LogP contribution in [-0.2, 0) is 0 Å². The molecule has 0 atom stereocenters. The summed E-state index contributed by atoms with van der Waals surface area (Å²) in [5.41, 5.74) is 4.76. The zero-order valence-corrected chi connectivity index (χ0v) is 14.5. The van der Waals surface area contributed by atoms with Crippen LogP contribution in [0, 0.1) is 6.92 Å². The van der Waals surface area contributed by atoms with Gasteiger partial charge in [0.1, 0.15) is 5.51 Å². The molecule has 2 aromatic carbocycles. The fourth-order valence-corrected chi connectivity index (χ4v) is 2.86. The number of nitrogens with zero attached hydrogens (tertiary/aromatic N) is 4. The highest BCUT2D eigenvalue weighted by atomic mass is 32.1. The molecule has 1 N–H and O–H groups in total. The van der Waals surface area contributed by atoms with E-state index in [1.54, 1.807) is 29.8 Å². The molecule has 0 aliphatic heterocycles. The third-order valence-electron chi connectivity index (χ3n) is 3.78. The highest BCUT2D eigenvalue weighted by molar-refractivity contribution is 7.13. The van der Waals surface area contributed by atoms with Crippen LogP contribution in [0.25, 0.3) is 22.9 Å². The standard InChI is InChI=1S/C18H13N5O2S/c1-11-4-2-3-5-14(11)17-22-21-16(25-17)13-8-6-12(7-9-13)15(24)20-18-23-19-10-26-18/h2-10H,1H3,(H,20,23,24). The van der Waals surface area contributed by atoms with Gasteiger partial charge in [-0.05, 0) is 42.8 Å². The lowest BCUT2D eigenvalue weighted by Gasteiger charge is -2.02. The fraction of sp³-hybridized carbons (Fsp3) is 0.0556. The molecule has 0 spiro atoms. The van der Waals surface area contributed by atoms with Crippen LogP contribution in [0.2, 0.25) is 0 Å². The van der Waals surface area contributed by atoms with Gasteiger partial charge in [-0.3, -0.25) is 10.1 Å². The number of benzene rings is 2. The van der Waals surface area contributed by atoms with Gasteiger partial charge in [-0.2, -0.15) is 0 Å². The van der Waals surface area contributed by atoms with E-state index in [1.807, 2.05) is 31.2 Å². The molecule has 8 heteroatoms. The van der Waals surface area contributed by atoms with Crippen LogP contribution in [0.5, 0.6) is 0 Å². The van der Waals surface area contributed by atoms with Crippen LogP contribution < -0.4 is 5.32 Å². The summed E-state index contributed by atoms with van der Waals surface area (Å²) in [5.74, 6) is 0.620. The molecule has 0 unspecified atom stereocenters. The Balaban J connectivity index is 1.54. The Bertz CT molecular complexity index is 1040. The van der Waals surface area contributed by atoms with Gasteiger partial charge in [-0.1, -0.05) is 29.5 Å². The average molecular weight is 363 g/mol. The summed E-state index contributed by atoms with van der Waals surface area (Å²) in [4.78, 5) is 12.2. The highest BCUT2D eigenvalue weighted by Gasteiger charge is 2.13. The summed E-state index contributed by atoms with van der Waals surface area (Å²) < 4.78 is 5.78. The van der Waals surface area contributed by atoms with Crippen molar-refractivity contribution in [2.45, 2.75) is 6.92 Å². The molecule has 0 bridgehead atoms. The molecule has 4 rings (SSSR count). The summed E-state index contributed by atoms with van der Waals surface area (Å²) in [5, 5.41) is 18.8. The Labute approximate surface area is 152 Å². The van der Waals surface area contributed by atoms with Crippen molar-refractivity contribution >= 4 is 22.4 Å². The Morgan fingerprint density at radius 2 is 1.77 bits per heavy atom. The minimum absolute atomic E-state index is 0.251. The number of hydrogen-bond acceptors (Lipinski definition) is 7. The smallest absolute Gasteiger partial charge is 0.257 e. The minimum Gasteiger partial charge on any atom is -0.416 e. The zero-order chi connectivity index (χ0) is 17.9. The second kappa shape index (κ2) is 6.85. The van der Waals surface area contributed by atoms with Crippen molar-refractivity contribution in [3.05, 3.63) is 65.2 Å². The van der Waals surface area contributed by atoms with E-state index in [0.29, 0.717) is 22.5 Å². The molecule has 1 amide bonds. The Morgan fingerprint density at radius 1 is 1.00 bits per heavy atom. The molecule has 0 saturated heterocycles. The maximum atomic E-state index is 12.2. The third-order valence-corrected chi connectivity index (χ3v) is 4.38. The summed E-state index contributed by atoms with van der Waals surface area (Å²) in [7, 11) is 0. The van der Waals surface area contributed by atoms with Gasteiger partial charge in [0, 0.05) is 16.7 Å². The summed E-state index contributed by atoms with van der Waals surface area (Å²) in [6, 6.07) is 14.7. The van der Waals surface area contributed by atoms with Crippen molar-refractivity contribution in [3.8, 4) is 22.9 Å². The maximum Gasteiger partial charge on any atom is 0.257 e. The van der Waals surface area contributed by atoms with Crippen molar-refractivity contribution in [1.82, 2.24) is 20.4 Å². The molecule has 26 heavy (non-hydrogen) atoms. The highest BCUT2D eigenvalue weighted by Crippen LogP contribution is 2.26. The lowest BCUT2D eigenvalue weighted by atomic mass is 10.1. The molecule has 0 saturated carbocycles. The van der Waals surface area contributed by atoms with E-state index in [-0.39, 0.29) is 5.91 Å². The number of carbonyl (C=O) groups excluding carboxylic acids is 1. The van der Waals surface area contributed by atoms with E-state index in [4.69, 9.17) is 4.42 Å². The van der Waals surface area contributed by atoms with Gasteiger partial charge in [0.25, 0.3) is 5.91 Å². The van der Waals surface area contributed by atoms with Crippen molar-refractivity contribution in [2.24, 2.45) is 0 Å². The number of nitrogens with one attached hydrogen (secondary N) is 1. The monoisotopic (exact) mass is 363 g/mol. The van der Waals surface area contributed by atoms with Crippen LogP contribution in [0.3, 0.4) is 0 Å². The fourth-order valence-electron chi connectivity index (χ4n) is 2.42. The van der Waals surface area contributed by atoms with Gasteiger partial charge in [-0.25, -0.2) is 0 Å². The number of hydrogen-bond donors (Lipinski definition) is 1. The van der Waals surface area contributed by atoms with E-state index in [0.717, 1.165) is 16.7 Å². The van der Waals surface area contributed by atoms with Crippen LogP contribution in [0.1, 0.15) is 15.9 Å². The van der Waals surface area contributed by atoms with E-state index in [9.17, 15) is 4.79 Å². The Kier molecular flexibility index (Phi) is 4.24. The van der Waals surface area contributed by atoms with Crippen molar-refractivity contribution < 1.29 is 9.21 Å². The normalized spacial score (nSPS) is 10.7. The van der Waals surface area contributed by atoms with Gasteiger partial charge < -0.3 is 4.42 Å². The van der Waals surface area contributed by atoms with Gasteiger partial charge in [0.15, 0.2) is 0 Å². The summed E-state index contributed by atoms with van der Waals surface area (Å²) >= 11 is 1.26. The predicted octanol–water partition coefficient (Wildman–Crippen LogP) is 3.82. The number of aryl methyl sites for hydroxylation is 1. The van der Waals surface area contributed by atoms with Gasteiger partial charge in [0.05, 0.1) is 0 Å². The molecule has 2 heterocycles. The van der Waals surface area contributed by atoms with E-state index in [2.05, 4.69) is 25.7 Å².